The SMILES string of the molecule is CN1C(=O)C[C@H]2CCN(C(=O)c3cc(-c4ccccc4)on3)C[C@H]21. The molecule has 0 N–H and O–H groups in total. The van der Waals surface area contributed by atoms with Crippen LogP contribution in [-0.4, -0.2) is 52.9 Å². The molecule has 6 heteroatoms. The first-order valence-corrected chi connectivity index (χ1v) is 8.20. The van der Waals surface area contributed by atoms with Gasteiger partial charge in [-0.25, -0.2) is 0 Å². The van der Waals surface area contributed by atoms with Crippen LogP contribution in [0.1, 0.15) is 23.3 Å². The Hall–Kier alpha value is -2.63. The first-order valence-electron chi connectivity index (χ1n) is 8.20. The summed E-state index contributed by atoms with van der Waals surface area (Å²) in [5.41, 5.74) is 1.21. The lowest BCUT2D eigenvalue weighted by molar-refractivity contribution is -0.127. The van der Waals surface area contributed by atoms with Crippen LogP contribution in [0.25, 0.3) is 11.3 Å². The van der Waals surface area contributed by atoms with Crippen molar-refractivity contribution >= 4 is 11.8 Å². The predicted molar refractivity (Wildman–Crippen MR) is 87.1 cm³/mol. The number of likely N-dealkylation sites (N-methyl/N-ethyl adjacent to an activating group) is 1. The topological polar surface area (TPSA) is 66.7 Å². The molecule has 0 aliphatic carbocycles. The number of amides is 2. The van der Waals surface area contributed by atoms with Gasteiger partial charge in [0.1, 0.15) is 0 Å². The van der Waals surface area contributed by atoms with Gasteiger partial charge in [-0.15, -0.1) is 0 Å². The van der Waals surface area contributed by atoms with Gasteiger partial charge in [0.15, 0.2) is 11.5 Å². The first-order chi connectivity index (χ1) is 11.6. The van der Waals surface area contributed by atoms with Crippen molar-refractivity contribution < 1.29 is 14.1 Å². The molecule has 1 aromatic heterocycles. The molecule has 2 aromatic rings. The highest BCUT2D eigenvalue weighted by molar-refractivity contribution is 5.93. The molecule has 24 heavy (non-hydrogen) atoms. The van der Waals surface area contributed by atoms with E-state index in [2.05, 4.69) is 5.16 Å². The Morgan fingerprint density at radius 1 is 1.29 bits per heavy atom. The normalized spacial score (nSPS) is 23.5. The number of likely N-dealkylation sites (tertiary alicyclic amines) is 2. The van der Waals surface area contributed by atoms with E-state index in [1.54, 1.807) is 15.9 Å². The summed E-state index contributed by atoms with van der Waals surface area (Å²) in [7, 11) is 1.82. The number of nitrogens with zero attached hydrogens (tertiary/aromatic N) is 3. The largest absolute Gasteiger partial charge is 0.355 e. The zero-order valence-electron chi connectivity index (χ0n) is 13.5. The molecule has 2 fully saturated rings. The number of hydrogen-bond donors (Lipinski definition) is 0. The lowest BCUT2D eigenvalue weighted by Gasteiger charge is -2.36. The molecule has 2 aliphatic rings. The molecule has 0 bridgehead atoms. The van der Waals surface area contributed by atoms with E-state index in [4.69, 9.17) is 4.52 Å². The van der Waals surface area contributed by atoms with E-state index in [1.807, 2.05) is 37.4 Å². The number of piperidine rings is 1. The van der Waals surface area contributed by atoms with Crippen molar-refractivity contribution in [2.24, 2.45) is 5.92 Å². The van der Waals surface area contributed by atoms with E-state index in [-0.39, 0.29) is 17.9 Å². The van der Waals surface area contributed by atoms with E-state index in [1.165, 1.54) is 0 Å². The van der Waals surface area contributed by atoms with Gasteiger partial charge in [-0.05, 0) is 12.3 Å². The van der Waals surface area contributed by atoms with Crippen LogP contribution in [0, 0.1) is 5.92 Å². The lowest BCUT2D eigenvalue weighted by Crippen LogP contribution is -2.49. The molecule has 2 amide bonds. The second-order valence-electron chi connectivity index (χ2n) is 6.52. The van der Waals surface area contributed by atoms with Crippen molar-refractivity contribution in [1.82, 2.24) is 15.0 Å². The molecule has 2 aliphatic heterocycles. The van der Waals surface area contributed by atoms with E-state index < -0.39 is 0 Å². The molecule has 3 heterocycles. The minimum absolute atomic E-state index is 0.121. The number of benzene rings is 1. The number of rotatable bonds is 2. The maximum Gasteiger partial charge on any atom is 0.276 e. The van der Waals surface area contributed by atoms with Crippen LogP contribution in [0.5, 0.6) is 0 Å². The molecule has 4 rings (SSSR count). The minimum atomic E-state index is -0.132. The highest BCUT2D eigenvalue weighted by Crippen LogP contribution is 2.32. The third-order valence-electron chi connectivity index (χ3n) is 5.12. The summed E-state index contributed by atoms with van der Waals surface area (Å²) < 4.78 is 5.33. The van der Waals surface area contributed by atoms with Gasteiger partial charge in [-0.2, -0.15) is 0 Å². The molecular weight excluding hydrogens is 306 g/mol. The number of fused-ring (bicyclic) bond motifs is 1. The van der Waals surface area contributed by atoms with Crippen molar-refractivity contribution in [1.29, 1.82) is 0 Å². The van der Waals surface area contributed by atoms with E-state index in [0.29, 0.717) is 36.9 Å². The average Bonchev–Trinajstić information content (AvgIpc) is 3.21. The predicted octanol–water partition coefficient (Wildman–Crippen LogP) is 2.03. The Bertz CT molecular complexity index is 771. The zero-order chi connectivity index (χ0) is 16.7. The molecule has 2 saturated heterocycles. The molecule has 0 unspecified atom stereocenters. The fourth-order valence-corrected chi connectivity index (χ4v) is 3.67. The quantitative estimate of drug-likeness (QED) is 0.847. The Morgan fingerprint density at radius 3 is 2.88 bits per heavy atom. The van der Waals surface area contributed by atoms with Crippen LogP contribution in [0.2, 0.25) is 0 Å². The van der Waals surface area contributed by atoms with Crippen molar-refractivity contribution in [2.45, 2.75) is 18.9 Å². The van der Waals surface area contributed by atoms with Gasteiger partial charge in [0, 0.05) is 38.2 Å². The van der Waals surface area contributed by atoms with Crippen molar-refractivity contribution in [2.75, 3.05) is 20.1 Å². The number of hydrogen-bond acceptors (Lipinski definition) is 4. The Balaban J connectivity index is 1.51. The highest BCUT2D eigenvalue weighted by atomic mass is 16.5. The first kappa shape index (κ1) is 14.9. The van der Waals surface area contributed by atoms with Crippen LogP contribution in [0.15, 0.2) is 40.9 Å². The summed E-state index contributed by atoms with van der Waals surface area (Å²) in [6.45, 7) is 1.23. The Morgan fingerprint density at radius 2 is 2.08 bits per heavy atom. The van der Waals surface area contributed by atoms with Gasteiger partial charge in [0.05, 0.1) is 6.04 Å². The maximum absolute atomic E-state index is 12.7. The number of carbonyl (C=O) groups excluding carboxylic acids is 2. The van der Waals surface area contributed by atoms with Gasteiger partial charge >= 0.3 is 0 Å². The number of aromatic nitrogens is 1. The third kappa shape index (κ3) is 2.48. The summed E-state index contributed by atoms with van der Waals surface area (Å²) >= 11 is 0. The van der Waals surface area contributed by atoms with Crippen LogP contribution in [0.3, 0.4) is 0 Å². The third-order valence-corrected chi connectivity index (χ3v) is 5.12. The van der Waals surface area contributed by atoms with Gasteiger partial charge in [-0.3, -0.25) is 9.59 Å². The van der Waals surface area contributed by atoms with Crippen molar-refractivity contribution in [3.05, 3.63) is 42.1 Å². The molecule has 0 saturated carbocycles. The van der Waals surface area contributed by atoms with E-state index >= 15 is 0 Å². The standard InChI is InChI=1S/C18H19N3O3/c1-20-15-11-21(8-7-13(15)9-17(20)22)18(23)14-10-16(24-19-14)12-5-3-2-4-6-12/h2-6,10,13,15H,7-9,11H2,1H3/t13-,15-/m1/s1. The average molecular weight is 325 g/mol. The summed E-state index contributed by atoms with van der Waals surface area (Å²) in [5.74, 6) is 0.991. The minimum Gasteiger partial charge on any atom is -0.355 e. The van der Waals surface area contributed by atoms with Crippen molar-refractivity contribution in [3.63, 3.8) is 0 Å². The second-order valence-corrected chi connectivity index (χ2v) is 6.52. The zero-order valence-corrected chi connectivity index (χ0v) is 13.5. The second kappa shape index (κ2) is 5.78. The van der Waals surface area contributed by atoms with Crippen LogP contribution in [-0.2, 0) is 4.79 Å². The molecule has 2 atom stereocenters. The number of carbonyl (C=O) groups is 2. The molecule has 0 spiro atoms. The van der Waals surface area contributed by atoms with E-state index in [9.17, 15) is 9.59 Å². The van der Waals surface area contributed by atoms with E-state index in [0.717, 1.165) is 12.0 Å². The van der Waals surface area contributed by atoms with Crippen LogP contribution >= 0.6 is 0 Å². The lowest BCUT2D eigenvalue weighted by atomic mass is 9.92. The summed E-state index contributed by atoms with van der Waals surface area (Å²) in [4.78, 5) is 28.1. The highest BCUT2D eigenvalue weighted by Gasteiger charge is 2.42. The van der Waals surface area contributed by atoms with Gasteiger partial charge in [0.2, 0.25) is 5.91 Å². The van der Waals surface area contributed by atoms with Gasteiger partial charge in [0.25, 0.3) is 5.91 Å². The monoisotopic (exact) mass is 325 g/mol. The summed E-state index contributed by atoms with van der Waals surface area (Å²) in [6.07, 6.45) is 1.46. The van der Waals surface area contributed by atoms with Gasteiger partial charge < -0.3 is 14.3 Å². The fraction of sp³-hybridized carbons (Fsp3) is 0.389. The molecular formula is C18H19N3O3. The van der Waals surface area contributed by atoms with Crippen molar-refractivity contribution in [3.8, 4) is 11.3 Å². The molecule has 1 aromatic carbocycles. The van der Waals surface area contributed by atoms with Gasteiger partial charge in [-0.1, -0.05) is 35.5 Å². The smallest absolute Gasteiger partial charge is 0.276 e. The Kier molecular flexibility index (Phi) is 3.59. The molecule has 0 radical (unpaired) electrons. The maximum atomic E-state index is 12.7. The van der Waals surface area contributed by atoms with Crippen LogP contribution in [0.4, 0.5) is 0 Å². The molecule has 124 valence electrons. The van der Waals surface area contributed by atoms with Crippen LogP contribution < -0.4 is 0 Å². The Labute approximate surface area is 140 Å². The molecule has 6 nitrogen and oxygen atoms in total. The summed E-state index contributed by atoms with van der Waals surface area (Å²) in [6, 6.07) is 11.4. The fourth-order valence-electron chi connectivity index (χ4n) is 3.67. The summed E-state index contributed by atoms with van der Waals surface area (Å²) in [5, 5.41) is 3.94.